The van der Waals surface area contributed by atoms with Crippen LogP contribution in [0.5, 0.6) is 0 Å². The molecule has 1 aliphatic carbocycles. The van der Waals surface area contributed by atoms with E-state index in [0.717, 1.165) is 24.0 Å². The van der Waals surface area contributed by atoms with Gasteiger partial charge in [0.25, 0.3) is 0 Å². The SMILES string of the molecule is CC1CC(C)(C)N(C)c2ccc(/C=C/C3=CC(=C(\C#N)C(=O)O)/CC(C)(C)C3)cc21. The highest BCUT2D eigenvalue weighted by Gasteiger charge is 2.34. The number of hydrogen-bond acceptors (Lipinski definition) is 3. The third-order valence-corrected chi connectivity index (χ3v) is 6.51. The largest absolute Gasteiger partial charge is 0.477 e. The van der Waals surface area contributed by atoms with Gasteiger partial charge in [0, 0.05) is 18.3 Å². The van der Waals surface area contributed by atoms with Crippen molar-refractivity contribution >= 4 is 17.7 Å². The first-order valence-corrected chi connectivity index (χ1v) is 10.6. The summed E-state index contributed by atoms with van der Waals surface area (Å²) in [5, 5.41) is 18.6. The average molecular weight is 405 g/mol. The maximum atomic E-state index is 11.4. The van der Waals surface area contributed by atoms with Crippen LogP contribution in [-0.4, -0.2) is 23.7 Å². The van der Waals surface area contributed by atoms with Crippen molar-refractivity contribution in [3.8, 4) is 6.07 Å². The van der Waals surface area contributed by atoms with Crippen LogP contribution in [0.4, 0.5) is 5.69 Å². The molecule has 0 saturated heterocycles. The van der Waals surface area contributed by atoms with E-state index in [0.29, 0.717) is 17.9 Å². The Morgan fingerprint density at radius 2 is 1.93 bits per heavy atom. The minimum Gasteiger partial charge on any atom is -0.477 e. The van der Waals surface area contributed by atoms with Crippen molar-refractivity contribution in [1.29, 1.82) is 5.26 Å². The zero-order valence-electron chi connectivity index (χ0n) is 18.9. The highest BCUT2D eigenvalue weighted by Crippen LogP contribution is 2.43. The first kappa shape index (κ1) is 21.9. The number of rotatable bonds is 3. The van der Waals surface area contributed by atoms with Crippen molar-refractivity contribution in [2.24, 2.45) is 5.41 Å². The van der Waals surface area contributed by atoms with Crippen molar-refractivity contribution in [2.45, 2.75) is 65.3 Å². The van der Waals surface area contributed by atoms with Crippen molar-refractivity contribution in [3.05, 3.63) is 58.2 Å². The second kappa shape index (κ2) is 7.80. The quantitative estimate of drug-likeness (QED) is 0.490. The molecule has 0 spiro atoms. The number of allylic oxidation sites excluding steroid dienone is 4. The van der Waals surface area contributed by atoms with Gasteiger partial charge in [-0.1, -0.05) is 45.1 Å². The van der Waals surface area contributed by atoms with Gasteiger partial charge in [-0.25, -0.2) is 4.79 Å². The smallest absolute Gasteiger partial charge is 0.346 e. The van der Waals surface area contributed by atoms with Gasteiger partial charge in [0.1, 0.15) is 11.6 Å². The van der Waals surface area contributed by atoms with Crippen molar-refractivity contribution in [2.75, 3.05) is 11.9 Å². The minimum atomic E-state index is -1.15. The van der Waals surface area contributed by atoms with Gasteiger partial charge < -0.3 is 10.0 Å². The Hall–Kier alpha value is -2.80. The fourth-order valence-electron chi connectivity index (χ4n) is 4.88. The van der Waals surface area contributed by atoms with E-state index in [9.17, 15) is 15.2 Å². The Bertz CT molecular complexity index is 1000. The van der Waals surface area contributed by atoms with E-state index in [1.165, 1.54) is 11.3 Å². The molecule has 0 bridgehead atoms. The highest BCUT2D eigenvalue weighted by atomic mass is 16.4. The molecule has 0 fully saturated rings. The number of aliphatic carboxylic acids is 1. The standard InChI is InChI=1S/C26H32N2O2/c1-17-13-26(4,5)28(6)23-10-9-18(12-21(17)23)7-8-19-11-20(15-25(2,3)14-19)22(16-27)24(29)30/h7-12,17H,13-15H2,1-6H3,(H,29,30)/b8-7+,22-20-. The Balaban J connectivity index is 1.94. The first-order valence-electron chi connectivity index (χ1n) is 10.6. The molecule has 0 radical (unpaired) electrons. The van der Waals surface area contributed by atoms with Crippen LogP contribution in [0.3, 0.4) is 0 Å². The first-order chi connectivity index (χ1) is 13.9. The number of fused-ring (bicyclic) bond motifs is 1. The lowest BCUT2D eigenvalue weighted by Gasteiger charge is -2.45. The second-order valence-electron chi connectivity index (χ2n) is 10.2. The summed E-state index contributed by atoms with van der Waals surface area (Å²) in [6.45, 7) is 11.1. The van der Waals surface area contributed by atoms with Crippen LogP contribution < -0.4 is 4.90 Å². The lowest BCUT2D eigenvalue weighted by Crippen LogP contribution is -2.45. The van der Waals surface area contributed by atoms with Crippen LogP contribution in [0.2, 0.25) is 0 Å². The molecule has 30 heavy (non-hydrogen) atoms. The van der Waals surface area contributed by atoms with Gasteiger partial charge in [-0.2, -0.15) is 5.26 Å². The van der Waals surface area contributed by atoms with Crippen LogP contribution in [0.15, 0.2) is 47.1 Å². The molecule has 1 heterocycles. The fraction of sp³-hybridized carbons (Fsp3) is 0.462. The predicted molar refractivity (Wildman–Crippen MR) is 122 cm³/mol. The molecule has 1 atom stereocenters. The predicted octanol–water partition coefficient (Wildman–Crippen LogP) is 6.07. The summed E-state index contributed by atoms with van der Waals surface area (Å²) in [4.78, 5) is 13.8. The van der Waals surface area contributed by atoms with E-state index in [1.807, 2.05) is 12.1 Å². The number of benzene rings is 1. The zero-order valence-corrected chi connectivity index (χ0v) is 18.9. The summed E-state index contributed by atoms with van der Waals surface area (Å²) in [5.74, 6) is -0.656. The monoisotopic (exact) mass is 404 g/mol. The molecule has 1 aliphatic heterocycles. The molecule has 1 aromatic rings. The second-order valence-corrected chi connectivity index (χ2v) is 10.2. The molecule has 2 aliphatic rings. The van der Waals surface area contributed by atoms with E-state index in [-0.39, 0.29) is 16.5 Å². The fourth-order valence-corrected chi connectivity index (χ4v) is 4.88. The van der Waals surface area contributed by atoms with E-state index in [2.05, 4.69) is 76.9 Å². The number of carboxylic acids is 1. The zero-order chi connectivity index (χ0) is 22.3. The number of nitrogens with zero attached hydrogens (tertiary/aromatic N) is 2. The van der Waals surface area contributed by atoms with E-state index < -0.39 is 5.97 Å². The van der Waals surface area contributed by atoms with Crippen LogP contribution in [0, 0.1) is 16.7 Å². The minimum absolute atomic E-state index is 0.0834. The van der Waals surface area contributed by atoms with E-state index in [4.69, 9.17) is 0 Å². The van der Waals surface area contributed by atoms with Gasteiger partial charge in [0.15, 0.2) is 0 Å². The summed E-state index contributed by atoms with van der Waals surface area (Å²) in [6.07, 6.45) is 8.61. The van der Waals surface area contributed by atoms with Gasteiger partial charge in [-0.3, -0.25) is 0 Å². The Morgan fingerprint density at radius 1 is 1.23 bits per heavy atom. The maximum absolute atomic E-state index is 11.4. The van der Waals surface area contributed by atoms with Gasteiger partial charge in [0.05, 0.1) is 0 Å². The molecule has 4 nitrogen and oxygen atoms in total. The molecule has 0 amide bonds. The molecule has 0 aromatic heterocycles. The van der Waals surface area contributed by atoms with Crippen LogP contribution in [-0.2, 0) is 4.79 Å². The maximum Gasteiger partial charge on any atom is 0.346 e. The number of hydrogen-bond donors (Lipinski definition) is 1. The van der Waals surface area contributed by atoms with Crippen molar-refractivity contribution in [1.82, 2.24) is 0 Å². The third kappa shape index (κ3) is 4.36. The molecule has 1 unspecified atom stereocenters. The average Bonchev–Trinajstić information content (AvgIpc) is 2.63. The highest BCUT2D eigenvalue weighted by molar-refractivity contribution is 5.92. The van der Waals surface area contributed by atoms with Crippen LogP contribution in [0.1, 0.15) is 70.9 Å². The van der Waals surface area contributed by atoms with Crippen molar-refractivity contribution < 1.29 is 9.90 Å². The Kier molecular flexibility index (Phi) is 5.69. The molecular weight excluding hydrogens is 372 g/mol. The van der Waals surface area contributed by atoms with Gasteiger partial charge >= 0.3 is 5.97 Å². The molecule has 1 aromatic carbocycles. The van der Waals surface area contributed by atoms with Crippen LogP contribution >= 0.6 is 0 Å². The van der Waals surface area contributed by atoms with Gasteiger partial charge in [-0.15, -0.1) is 0 Å². The van der Waals surface area contributed by atoms with Gasteiger partial charge in [0.2, 0.25) is 0 Å². The molecular formula is C26H32N2O2. The Labute approximate surface area is 180 Å². The van der Waals surface area contributed by atoms with E-state index in [1.54, 1.807) is 0 Å². The molecule has 3 rings (SSSR count). The molecule has 0 saturated carbocycles. The summed E-state index contributed by atoms with van der Waals surface area (Å²) in [6, 6.07) is 8.47. The summed E-state index contributed by atoms with van der Waals surface area (Å²) in [5.41, 5.74) is 5.38. The Morgan fingerprint density at radius 3 is 2.57 bits per heavy atom. The molecule has 158 valence electrons. The number of nitriles is 1. The molecule has 4 heteroatoms. The normalized spacial score (nSPS) is 24.1. The van der Waals surface area contributed by atoms with E-state index >= 15 is 0 Å². The lowest BCUT2D eigenvalue weighted by molar-refractivity contribution is -0.132. The van der Waals surface area contributed by atoms with Gasteiger partial charge in [-0.05, 0) is 78.8 Å². The summed E-state index contributed by atoms with van der Waals surface area (Å²) < 4.78 is 0. The van der Waals surface area contributed by atoms with Crippen LogP contribution in [0.25, 0.3) is 6.08 Å². The third-order valence-electron chi connectivity index (χ3n) is 6.51. The number of carbonyl (C=O) groups is 1. The summed E-state index contributed by atoms with van der Waals surface area (Å²) >= 11 is 0. The topological polar surface area (TPSA) is 64.3 Å². The lowest BCUT2D eigenvalue weighted by atomic mass is 9.74. The van der Waals surface area contributed by atoms with Crippen molar-refractivity contribution in [3.63, 3.8) is 0 Å². The number of anilines is 1. The number of carboxylic acid groups (broad SMARTS) is 1. The molecule has 1 N–H and O–H groups in total. The summed E-state index contributed by atoms with van der Waals surface area (Å²) in [7, 11) is 2.16.